The maximum absolute atomic E-state index is 13.0. The van der Waals surface area contributed by atoms with Crippen LogP contribution < -0.4 is 5.32 Å². The summed E-state index contributed by atoms with van der Waals surface area (Å²) in [4.78, 5) is 53.4. The van der Waals surface area contributed by atoms with Crippen LogP contribution in [0.3, 0.4) is 0 Å². The molecule has 31 heavy (non-hydrogen) atoms. The van der Waals surface area contributed by atoms with E-state index in [1.807, 2.05) is 0 Å². The standard InChI is InChI=1S/C23H22ClN3O4/c1-14(27-22(30)18-7-2-3-8-19(18)23(27)31)21(29)26-11-9-17(10-12-26)25-20(28)15-5-4-6-16(24)13-15/h2-8,13-14,17H,9-12H2,1H3,(H,25,28). The lowest BCUT2D eigenvalue weighted by atomic mass is 10.0. The summed E-state index contributed by atoms with van der Waals surface area (Å²) in [5.41, 5.74) is 1.15. The lowest BCUT2D eigenvalue weighted by Crippen LogP contribution is -2.53. The van der Waals surface area contributed by atoms with Gasteiger partial charge in [0.2, 0.25) is 5.91 Å². The van der Waals surface area contributed by atoms with Crippen molar-refractivity contribution in [2.24, 2.45) is 0 Å². The van der Waals surface area contributed by atoms with E-state index in [9.17, 15) is 19.2 Å². The average molecular weight is 440 g/mol. The molecule has 0 aliphatic carbocycles. The fraction of sp³-hybridized carbons (Fsp3) is 0.304. The topological polar surface area (TPSA) is 86.8 Å². The predicted octanol–water partition coefficient (Wildman–Crippen LogP) is 2.75. The number of nitrogens with zero attached hydrogens (tertiary/aromatic N) is 2. The summed E-state index contributed by atoms with van der Waals surface area (Å²) in [6, 6.07) is 12.4. The molecule has 2 aliphatic heterocycles. The van der Waals surface area contributed by atoms with Crippen molar-refractivity contribution < 1.29 is 19.2 Å². The Kier molecular flexibility index (Phi) is 5.78. The molecule has 1 N–H and O–H groups in total. The molecule has 7 nitrogen and oxygen atoms in total. The molecule has 0 spiro atoms. The molecule has 4 rings (SSSR count). The number of carbonyl (C=O) groups excluding carboxylic acids is 4. The number of fused-ring (bicyclic) bond motifs is 1. The van der Waals surface area contributed by atoms with E-state index in [0.717, 1.165) is 4.90 Å². The number of amides is 4. The number of hydrogen-bond acceptors (Lipinski definition) is 4. The van der Waals surface area contributed by atoms with Crippen molar-refractivity contribution in [1.29, 1.82) is 0 Å². The van der Waals surface area contributed by atoms with Crippen molar-refractivity contribution in [2.75, 3.05) is 13.1 Å². The van der Waals surface area contributed by atoms with E-state index in [4.69, 9.17) is 11.6 Å². The molecule has 0 bridgehead atoms. The molecule has 2 aromatic rings. The highest BCUT2D eigenvalue weighted by Crippen LogP contribution is 2.25. The predicted molar refractivity (Wildman–Crippen MR) is 115 cm³/mol. The van der Waals surface area contributed by atoms with Crippen LogP contribution in [-0.2, 0) is 4.79 Å². The third kappa shape index (κ3) is 4.05. The van der Waals surface area contributed by atoms with Gasteiger partial charge < -0.3 is 10.2 Å². The van der Waals surface area contributed by atoms with Crippen molar-refractivity contribution in [2.45, 2.75) is 31.8 Å². The van der Waals surface area contributed by atoms with Crippen molar-refractivity contribution in [1.82, 2.24) is 15.1 Å². The van der Waals surface area contributed by atoms with Gasteiger partial charge in [0, 0.05) is 29.7 Å². The van der Waals surface area contributed by atoms with E-state index in [1.54, 1.807) is 60.4 Å². The number of likely N-dealkylation sites (tertiary alicyclic amines) is 1. The second kappa shape index (κ2) is 8.51. The van der Waals surface area contributed by atoms with E-state index >= 15 is 0 Å². The highest BCUT2D eigenvalue weighted by atomic mass is 35.5. The maximum atomic E-state index is 13.0. The molecule has 2 aromatic carbocycles. The molecular formula is C23H22ClN3O4. The van der Waals surface area contributed by atoms with E-state index in [0.29, 0.717) is 47.6 Å². The first-order chi connectivity index (χ1) is 14.9. The van der Waals surface area contributed by atoms with Crippen molar-refractivity contribution in [3.63, 3.8) is 0 Å². The van der Waals surface area contributed by atoms with Gasteiger partial charge in [0.05, 0.1) is 11.1 Å². The zero-order valence-electron chi connectivity index (χ0n) is 17.0. The van der Waals surface area contributed by atoms with Gasteiger partial charge in [-0.05, 0) is 50.1 Å². The summed E-state index contributed by atoms with van der Waals surface area (Å²) in [5.74, 6) is -1.35. The second-order valence-corrected chi connectivity index (χ2v) is 8.22. The first kappa shape index (κ1) is 21.1. The molecule has 1 unspecified atom stereocenters. The molecule has 8 heteroatoms. The van der Waals surface area contributed by atoms with Crippen LogP contribution in [0.25, 0.3) is 0 Å². The molecule has 1 atom stereocenters. The van der Waals surface area contributed by atoms with E-state index in [2.05, 4.69) is 5.32 Å². The van der Waals surface area contributed by atoms with E-state index in [-0.39, 0.29) is 17.9 Å². The first-order valence-electron chi connectivity index (χ1n) is 10.2. The Labute approximate surface area is 185 Å². The number of hydrogen-bond donors (Lipinski definition) is 1. The summed E-state index contributed by atoms with van der Waals surface area (Å²) in [7, 11) is 0. The Hall–Kier alpha value is -3.19. The summed E-state index contributed by atoms with van der Waals surface area (Å²) >= 11 is 5.94. The molecular weight excluding hydrogens is 418 g/mol. The summed E-state index contributed by atoms with van der Waals surface area (Å²) < 4.78 is 0. The largest absolute Gasteiger partial charge is 0.349 e. The summed E-state index contributed by atoms with van der Waals surface area (Å²) in [6.07, 6.45) is 1.18. The molecule has 160 valence electrons. The number of halogens is 1. The molecule has 1 saturated heterocycles. The number of benzene rings is 2. The molecule has 0 aromatic heterocycles. The molecule has 2 heterocycles. The molecule has 2 aliphatic rings. The zero-order chi connectivity index (χ0) is 22.1. The fourth-order valence-corrected chi connectivity index (χ4v) is 4.27. The van der Waals surface area contributed by atoms with Crippen LogP contribution >= 0.6 is 11.6 Å². The maximum Gasteiger partial charge on any atom is 0.262 e. The Morgan fingerprint density at radius 2 is 1.61 bits per heavy atom. The van der Waals surface area contributed by atoms with Crippen LogP contribution in [0.15, 0.2) is 48.5 Å². The van der Waals surface area contributed by atoms with Gasteiger partial charge in [-0.1, -0.05) is 29.8 Å². The number of imide groups is 1. The van der Waals surface area contributed by atoms with Gasteiger partial charge in [-0.3, -0.25) is 24.1 Å². The smallest absolute Gasteiger partial charge is 0.262 e. The fourth-order valence-electron chi connectivity index (χ4n) is 4.08. The number of piperidine rings is 1. The second-order valence-electron chi connectivity index (χ2n) is 7.79. The SMILES string of the molecule is CC(C(=O)N1CCC(NC(=O)c2cccc(Cl)c2)CC1)N1C(=O)c2ccccc2C1=O. The number of rotatable bonds is 4. The minimum Gasteiger partial charge on any atom is -0.349 e. The van der Waals surface area contributed by atoms with Crippen molar-refractivity contribution >= 4 is 35.2 Å². The van der Waals surface area contributed by atoms with Crippen LogP contribution in [0, 0.1) is 0 Å². The van der Waals surface area contributed by atoms with Crippen LogP contribution in [0.5, 0.6) is 0 Å². The Morgan fingerprint density at radius 3 is 2.19 bits per heavy atom. The van der Waals surface area contributed by atoms with E-state index in [1.165, 1.54) is 0 Å². The lowest BCUT2D eigenvalue weighted by molar-refractivity contribution is -0.136. The van der Waals surface area contributed by atoms with Gasteiger partial charge in [-0.25, -0.2) is 0 Å². The van der Waals surface area contributed by atoms with Gasteiger partial charge in [0.15, 0.2) is 0 Å². The summed E-state index contributed by atoms with van der Waals surface area (Å²) in [5, 5.41) is 3.47. The first-order valence-corrected chi connectivity index (χ1v) is 10.6. The van der Waals surface area contributed by atoms with Gasteiger partial charge >= 0.3 is 0 Å². The van der Waals surface area contributed by atoms with Gasteiger partial charge in [-0.2, -0.15) is 0 Å². The monoisotopic (exact) mass is 439 g/mol. The number of nitrogens with one attached hydrogen (secondary N) is 1. The highest BCUT2D eigenvalue weighted by molar-refractivity contribution is 6.31. The zero-order valence-corrected chi connectivity index (χ0v) is 17.8. The van der Waals surface area contributed by atoms with E-state index < -0.39 is 17.9 Å². The molecule has 0 saturated carbocycles. The minimum absolute atomic E-state index is 0.0647. The Balaban J connectivity index is 1.35. The quantitative estimate of drug-likeness (QED) is 0.742. The van der Waals surface area contributed by atoms with Crippen LogP contribution in [0.4, 0.5) is 0 Å². The van der Waals surface area contributed by atoms with Gasteiger partial charge in [-0.15, -0.1) is 0 Å². The van der Waals surface area contributed by atoms with Crippen LogP contribution in [0.1, 0.15) is 50.8 Å². The lowest BCUT2D eigenvalue weighted by Gasteiger charge is -2.35. The highest BCUT2D eigenvalue weighted by Gasteiger charge is 2.42. The third-order valence-corrected chi connectivity index (χ3v) is 6.03. The van der Waals surface area contributed by atoms with Crippen LogP contribution in [0.2, 0.25) is 5.02 Å². The normalized spacial score (nSPS) is 17.5. The molecule has 0 radical (unpaired) electrons. The Bertz CT molecular complexity index is 1030. The van der Waals surface area contributed by atoms with Crippen molar-refractivity contribution in [3.05, 3.63) is 70.2 Å². The molecule has 4 amide bonds. The number of carbonyl (C=O) groups is 4. The Morgan fingerprint density at radius 1 is 1.00 bits per heavy atom. The van der Waals surface area contributed by atoms with Crippen LogP contribution in [-0.4, -0.2) is 58.6 Å². The minimum atomic E-state index is -0.884. The van der Waals surface area contributed by atoms with Gasteiger partial charge in [0.25, 0.3) is 17.7 Å². The molecule has 1 fully saturated rings. The van der Waals surface area contributed by atoms with Gasteiger partial charge in [0.1, 0.15) is 6.04 Å². The summed E-state index contributed by atoms with van der Waals surface area (Å²) in [6.45, 7) is 2.46. The van der Waals surface area contributed by atoms with Crippen molar-refractivity contribution in [3.8, 4) is 0 Å². The average Bonchev–Trinajstić information content (AvgIpc) is 3.03. The third-order valence-electron chi connectivity index (χ3n) is 5.80.